The maximum absolute atomic E-state index is 14.1. The summed E-state index contributed by atoms with van der Waals surface area (Å²) in [5.41, 5.74) is -7.72. The van der Waals surface area contributed by atoms with Gasteiger partial charge >= 0.3 is 24.5 Å². The number of anilines is 2. The zero-order valence-corrected chi connectivity index (χ0v) is 22.4. The Hall–Kier alpha value is -3.99. The van der Waals surface area contributed by atoms with Gasteiger partial charge < -0.3 is 15.4 Å². The Morgan fingerprint density at radius 3 is 2.21 bits per heavy atom. The maximum atomic E-state index is 14.1. The molecule has 3 N–H and O–H groups in total. The van der Waals surface area contributed by atoms with Crippen LogP contribution in [0, 0.1) is 35.3 Å². The van der Waals surface area contributed by atoms with Gasteiger partial charge in [0.25, 0.3) is 5.60 Å². The van der Waals surface area contributed by atoms with Crippen molar-refractivity contribution in [2.45, 2.75) is 49.2 Å². The molecule has 2 aliphatic heterocycles. The molecule has 0 radical (unpaired) electrons. The van der Waals surface area contributed by atoms with E-state index >= 15 is 0 Å². The van der Waals surface area contributed by atoms with Crippen molar-refractivity contribution in [3.63, 3.8) is 0 Å². The quantitative estimate of drug-likeness (QED) is 0.179. The largest absolute Gasteiger partial charge is 0.445 e. The second-order valence-corrected chi connectivity index (χ2v) is 10.7. The number of amides is 3. The molecule has 0 unspecified atom stereocenters. The zero-order chi connectivity index (χ0) is 31.4. The van der Waals surface area contributed by atoms with E-state index < -0.39 is 58.5 Å². The maximum Gasteiger partial charge on any atom is 0.445 e. The van der Waals surface area contributed by atoms with Crippen molar-refractivity contribution in [1.82, 2.24) is 5.32 Å². The van der Waals surface area contributed by atoms with Crippen LogP contribution in [-0.2, 0) is 15.9 Å². The van der Waals surface area contributed by atoms with Crippen molar-refractivity contribution in [3.8, 4) is 11.8 Å². The molecule has 2 fully saturated rings. The predicted octanol–water partition coefficient (Wildman–Crippen LogP) is 7.90. The zero-order valence-electron chi connectivity index (χ0n) is 21.7. The number of hydrogen-bond acceptors (Lipinski definition) is 3. The van der Waals surface area contributed by atoms with Gasteiger partial charge in [-0.05, 0) is 73.9 Å². The molecule has 2 saturated carbocycles. The van der Waals surface area contributed by atoms with E-state index in [0.29, 0.717) is 12.1 Å². The summed E-state index contributed by atoms with van der Waals surface area (Å²) < 4.78 is 114. The van der Waals surface area contributed by atoms with Gasteiger partial charge in [-0.1, -0.05) is 23.6 Å². The fraction of sp³-hybridized carbons (Fsp3) is 0.357. The molecule has 0 spiro atoms. The lowest BCUT2D eigenvalue weighted by Crippen LogP contribution is -2.59. The molecular formula is C28H20ClF8N3O3. The molecule has 2 aliphatic carbocycles. The summed E-state index contributed by atoms with van der Waals surface area (Å²) in [5, 5.41) is 6.11. The van der Waals surface area contributed by atoms with Crippen molar-refractivity contribution in [2.24, 2.45) is 11.8 Å². The van der Waals surface area contributed by atoms with Gasteiger partial charge in [-0.25, -0.2) is 18.4 Å². The molecule has 2 aromatic rings. The first-order chi connectivity index (χ1) is 20.1. The van der Waals surface area contributed by atoms with Crippen LogP contribution in [0.1, 0.15) is 36.8 Å². The van der Waals surface area contributed by atoms with Gasteiger partial charge in [-0.2, -0.15) is 26.3 Å². The Balaban J connectivity index is 0.000000171. The monoisotopic (exact) mass is 633 g/mol. The molecule has 2 atom stereocenters. The lowest BCUT2D eigenvalue weighted by atomic mass is 9.84. The number of urea groups is 1. The first-order valence-corrected chi connectivity index (χ1v) is 13.2. The molecule has 4 aliphatic rings. The Labute approximate surface area is 243 Å². The van der Waals surface area contributed by atoms with Crippen molar-refractivity contribution in [2.75, 3.05) is 10.6 Å². The Bertz CT molecular complexity index is 1570. The highest BCUT2D eigenvalue weighted by Gasteiger charge is 2.62. The van der Waals surface area contributed by atoms with Gasteiger partial charge in [0.05, 0.1) is 16.9 Å². The number of allylic oxidation sites excluding steroid dienone is 1. The van der Waals surface area contributed by atoms with Crippen LogP contribution >= 0.6 is 11.6 Å². The van der Waals surface area contributed by atoms with Gasteiger partial charge in [0, 0.05) is 16.5 Å². The molecule has 228 valence electrons. The van der Waals surface area contributed by atoms with Gasteiger partial charge in [-0.3, -0.25) is 5.32 Å². The summed E-state index contributed by atoms with van der Waals surface area (Å²) >= 11 is 5.78. The van der Waals surface area contributed by atoms with Crippen LogP contribution in [0.15, 0.2) is 42.5 Å². The van der Waals surface area contributed by atoms with Gasteiger partial charge in [0.2, 0.25) is 0 Å². The molecular weight excluding hydrogens is 614 g/mol. The number of halogens is 9. The number of rotatable bonds is 2. The van der Waals surface area contributed by atoms with Gasteiger partial charge in [0.15, 0.2) is 17.2 Å². The number of carbonyl (C=O) groups excluding carboxylic acids is 2. The van der Waals surface area contributed by atoms with E-state index in [9.17, 15) is 44.7 Å². The van der Waals surface area contributed by atoms with E-state index in [0.717, 1.165) is 37.8 Å². The molecule has 0 aromatic heterocycles. The third-order valence-electron chi connectivity index (χ3n) is 7.01. The van der Waals surface area contributed by atoms with E-state index in [-0.39, 0.29) is 28.1 Å². The lowest BCUT2D eigenvalue weighted by Gasteiger charge is -2.39. The Morgan fingerprint density at radius 2 is 1.60 bits per heavy atom. The molecule has 43 heavy (non-hydrogen) atoms. The van der Waals surface area contributed by atoms with Crippen molar-refractivity contribution in [1.29, 1.82) is 0 Å². The first-order valence-electron chi connectivity index (χ1n) is 12.8. The third-order valence-corrected chi connectivity index (χ3v) is 7.24. The van der Waals surface area contributed by atoms with Crippen molar-refractivity contribution < 1.29 is 49.4 Å². The standard InChI is InChI=1S/C14H9ClF3NO2.C14H11F5N2O/c15-9-3-4-11-10(7-9)13(14(16,17)18,21-12(20)19-11)6-5-8-1-2-8;15-8-3-4-9-10(11(8)16)13(14(17,18)19,21-12(22)20-9)6-5-7-1-2-7/h3-4,7-8H,1-2H2,(H,19,20);3-7H,1-2H2,(H2,20,21,22)/b;6-5+/t2*13-/m00/s1. The van der Waals surface area contributed by atoms with Crippen molar-refractivity contribution >= 4 is 35.1 Å². The van der Waals surface area contributed by atoms with E-state index in [2.05, 4.69) is 27.2 Å². The molecule has 0 bridgehead atoms. The summed E-state index contributed by atoms with van der Waals surface area (Å²) in [4.78, 5) is 23.1. The molecule has 6 nitrogen and oxygen atoms in total. The van der Waals surface area contributed by atoms with Crippen LogP contribution in [0.3, 0.4) is 0 Å². The summed E-state index contributed by atoms with van der Waals surface area (Å²) in [7, 11) is 0. The highest BCUT2D eigenvalue weighted by atomic mass is 35.5. The number of cyclic esters (lactones) is 1. The number of hydrogen-bond donors (Lipinski definition) is 3. The number of nitrogens with one attached hydrogen (secondary N) is 3. The SMILES string of the molecule is O=C1Nc2ccc(Cl)cc2[C@@](C#CC2CC2)(C(F)(F)F)O1.O=C1Nc2ccc(F)c(F)c2[C@@](/C=C/C2CC2)(C(F)(F)F)N1. The normalized spacial score (nSPS) is 24.6. The topological polar surface area (TPSA) is 79.5 Å². The number of ether oxygens (including phenoxy) is 1. The number of fused-ring (bicyclic) bond motifs is 2. The van der Waals surface area contributed by atoms with E-state index in [1.54, 1.807) is 5.32 Å². The molecule has 0 saturated heterocycles. The van der Waals surface area contributed by atoms with Crippen LogP contribution in [0.2, 0.25) is 5.02 Å². The average Bonchev–Trinajstić information content (AvgIpc) is 3.83. The minimum atomic E-state index is -5.03. The molecule has 2 heterocycles. The van der Waals surface area contributed by atoms with E-state index in [1.165, 1.54) is 18.2 Å². The van der Waals surface area contributed by atoms with E-state index in [4.69, 9.17) is 11.6 Å². The first kappa shape index (κ1) is 30.5. The van der Waals surface area contributed by atoms with E-state index in [1.807, 2.05) is 0 Å². The van der Waals surface area contributed by atoms with Crippen LogP contribution in [0.4, 0.5) is 56.1 Å². The second-order valence-electron chi connectivity index (χ2n) is 10.3. The highest BCUT2D eigenvalue weighted by molar-refractivity contribution is 6.30. The Kier molecular flexibility index (Phi) is 7.53. The Morgan fingerprint density at radius 1 is 0.930 bits per heavy atom. The number of benzene rings is 2. The second kappa shape index (κ2) is 10.6. The summed E-state index contributed by atoms with van der Waals surface area (Å²) in [5.74, 6) is 1.52. The number of alkyl halides is 6. The van der Waals surface area contributed by atoms with Crippen LogP contribution in [-0.4, -0.2) is 24.5 Å². The average molecular weight is 634 g/mol. The van der Waals surface area contributed by atoms with Crippen molar-refractivity contribution in [3.05, 3.63) is 70.3 Å². The highest BCUT2D eigenvalue weighted by Crippen LogP contribution is 2.49. The molecule has 3 amide bonds. The van der Waals surface area contributed by atoms with Crippen LogP contribution < -0.4 is 16.0 Å². The smallest absolute Gasteiger partial charge is 0.415 e. The number of carbonyl (C=O) groups is 2. The summed E-state index contributed by atoms with van der Waals surface area (Å²) in [6.07, 6.45) is -6.11. The summed E-state index contributed by atoms with van der Waals surface area (Å²) in [6.45, 7) is 0. The molecule has 2 aromatic carbocycles. The fourth-order valence-electron chi connectivity index (χ4n) is 4.49. The molecule has 6 rings (SSSR count). The summed E-state index contributed by atoms with van der Waals surface area (Å²) in [6, 6.07) is 4.27. The fourth-order valence-corrected chi connectivity index (χ4v) is 4.66. The predicted molar refractivity (Wildman–Crippen MR) is 138 cm³/mol. The minimum Gasteiger partial charge on any atom is -0.415 e. The minimum absolute atomic E-state index is 0.00179. The van der Waals surface area contributed by atoms with Gasteiger partial charge in [0.1, 0.15) is 0 Å². The third kappa shape index (κ3) is 5.82. The van der Waals surface area contributed by atoms with Crippen LogP contribution in [0.25, 0.3) is 0 Å². The van der Waals surface area contributed by atoms with Crippen LogP contribution in [0.5, 0.6) is 0 Å². The lowest BCUT2D eigenvalue weighted by molar-refractivity contribution is -0.239. The van der Waals surface area contributed by atoms with Gasteiger partial charge in [-0.15, -0.1) is 0 Å². The molecule has 15 heteroatoms.